The average Bonchev–Trinajstić information content (AvgIpc) is 3.59. The van der Waals surface area contributed by atoms with Gasteiger partial charge in [0.25, 0.3) is 0 Å². The van der Waals surface area contributed by atoms with Gasteiger partial charge in [-0.3, -0.25) is 4.68 Å². The third kappa shape index (κ3) is 6.10. The van der Waals surface area contributed by atoms with Crippen molar-refractivity contribution in [3.05, 3.63) is 107 Å². The number of nitrogens with one attached hydrogen (secondary N) is 2. The molecule has 0 spiro atoms. The number of fused-ring (bicyclic) bond motifs is 2. The fraction of sp³-hybridized carbons (Fsp3) is 0.312. The van der Waals surface area contributed by atoms with Gasteiger partial charge in [0.2, 0.25) is 0 Å². The zero-order valence-electron chi connectivity index (χ0n) is 23.6. The van der Waals surface area contributed by atoms with Gasteiger partial charge in [-0.05, 0) is 31.1 Å². The summed E-state index contributed by atoms with van der Waals surface area (Å²) in [6, 6.07) is 9.91. The topological polar surface area (TPSA) is 72.7 Å². The van der Waals surface area contributed by atoms with Gasteiger partial charge in [-0.15, -0.1) is 0 Å². The Labute approximate surface area is 238 Å². The van der Waals surface area contributed by atoms with E-state index < -0.39 is 11.6 Å². The minimum absolute atomic E-state index is 0.0848. The average molecular weight is 560 g/mol. The van der Waals surface area contributed by atoms with Gasteiger partial charge in [0, 0.05) is 34.4 Å². The Morgan fingerprint density at radius 3 is 2.78 bits per heavy atom. The minimum atomic E-state index is -0.683. The fourth-order valence-corrected chi connectivity index (χ4v) is 4.82. The Morgan fingerprint density at radius 1 is 1.27 bits per heavy atom. The molecule has 1 aromatic heterocycles. The van der Waals surface area contributed by atoms with Crippen molar-refractivity contribution in [2.75, 3.05) is 19.8 Å². The smallest absolute Gasteiger partial charge is 0.157 e. The number of allylic oxidation sites excluding steroid dienone is 4. The molecule has 9 heteroatoms. The molecule has 2 aliphatic heterocycles. The molecule has 2 unspecified atom stereocenters. The number of halogens is 2. The number of hydrogen-bond acceptors (Lipinski definition) is 6. The maximum Gasteiger partial charge on any atom is 0.157 e. The Kier molecular flexibility index (Phi) is 8.64. The van der Waals surface area contributed by atoms with Gasteiger partial charge in [0.05, 0.1) is 37.9 Å². The van der Waals surface area contributed by atoms with Gasteiger partial charge in [0.15, 0.2) is 5.84 Å². The summed E-state index contributed by atoms with van der Waals surface area (Å²) >= 11 is 0. The van der Waals surface area contributed by atoms with Gasteiger partial charge >= 0.3 is 0 Å². The highest BCUT2D eigenvalue weighted by Gasteiger charge is 2.32. The second-order valence-corrected chi connectivity index (χ2v) is 10.1. The molecular formula is C32H35F2N5O2. The summed E-state index contributed by atoms with van der Waals surface area (Å²) in [5.74, 6) is 0.457. The molecule has 0 amide bonds. The minimum Gasteiger partial charge on any atom is -0.494 e. The van der Waals surface area contributed by atoms with E-state index in [1.807, 2.05) is 36.4 Å². The van der Waals surface area contributed by atoms with Crippen molar-refractivity contribution in [3.63, 3.8) is 0 Å². The molecule has 0 bridgehead atoms. The molecule has 0 aliphatic carbocycles. The second-order valence-electron chi connectivity index (χ2n) is 10.1. The van der Waals surface area contributed by atoms with Crippen molar-refractivity contribution in [2.45, 2.75) is 39.8 Å². The van der Waals surface area contributed by atoms with E-state index in [4.69, 9.17) is 19.6 Å². The normalized spacial score (nSPS) is 17.9. The number of para-hydroxylation sites is 1. The van der Waals surface area contributed by atoms with E-state index >= 15 is 0 Å². The Hall–Kier alpha value is -4.24. The summed E-state index contributed by atoms with van der Waals surface area (Å²) in [5.41, 5.74) is 3.10. The van der Waals surface area contributed by atoms with E-state index in [-0.39, 0.29) is 23.9 Å². The van der Waals surface area contributed by atoms with Crippen LogP contribution in [0.1, 0.15) is 38.4 Å². The number of rotatable bonds is 11. The third-order valence-corrected chi connectivity index (χ3v) is 7.23. The number of aromatic nitrogens is 2. The van der Waals surface area contributed by atoms with Gasteiger partial charge in [0.1, 0.15) is 28.9 Å². The van der Waals surface area contributed by atoms with Crippen molar-refractivity contribution < 1.29 is 18.3 Å². The molecule has 7 nitrogen and oxygen atoms in total. The van der Waals surface area contributed by atoms with E-state index in [9.17, 15) is 8.78 Å². The summed E-state index contributed by atoms with van der Waals surface area (Å²) < 4.78 is 42.6. The summed E-state index contributed by atoms with van der Waals surface area (Å²) in [7, 11) is 0. The van der Waals surface area contributed by atoms with Gasteiger partial charge < -0.3 is 20.1 Å². The molecule has 41 heavy (non-hydrogen) atoms. The highest BCUT2D eigenvalue weighted by Crippen LogP contribution is 2.28. The maximum absolute atomic E-state index is 15.0. The standard InChI is InChI=1S/C32H35F2N5O2/c1-5-10-21(14-13-20(4)6-2)35-31-25-18-40-19-28(25)36-32(37-31)30-23-11-8-9-12-29(23)39(38-30)17-24-26(33)15-22(41-7-3)16-27(24)34/h5,8-16,20,28,35H,1,6-7,17-19H2,2-4H3,(H,36,37)/b14-13-,21-10+. The predicted molar refractivity (Wildman–Crippen MR) is 158 cm³/mol. The lowest BCUT2D eigenvalue weighted by molar-refractivity contribution is 0.196. The number of nitrogens with zero attached hydrogens (tertiary/aromatic N) is 3. The number of amidine groups is 1. The van der Waals surface area contributed by atoms with E-state index in [0.717, 1.165) is 28.6 Å². The van der Waals surface area contributed by atoms with Gasteiger partial charge in [-0.25, -0.2) is 13.8 Å². The van der Waals surface area contributed by atoms with Gasteiger partial charge in [-0.1, -0.05) is 57.2 Å². The zero-order valence-corrected chi connectivity index (χ0v) is 23.6. The highest BCUT2D eigenvalue weighted by atomic mass is 19.1. The summed E-state index contributed by atoms with van der Waals surface area (Å²) in [5, 5.41) is 12.5. The first-order chi connectivity index (χ1) is 19.9. The van der Waals surface area contributed by atoms with Crippen LogP contribution in [0.15, 0.2) is 89.4 Å². The predicted octanol–water partition coefficient (Wildman–Crippen LogP) is 5.98. The van der Waals surface area contributed by atoms with Crippen LogP contribution in [0, 0.1) is 17.6 Å². The SMILES string of the molecule is C=C/C=C(\C=C/C(C)CC)NC1=C2COCC2NC(c2nn(Cc3c(F)cc(OCC)cc3F)c3ccccc23)=N1. The van der Waals surface area contributed by atoms with E-state index in [1.54, 1.807) is 17.7 Å². The van der Waals surface area contributed by atoms with Crippen LogP contribution in [-0.2, 0) is 11.3 Å². The maximum atomic E-state index is 15.0. The molecular weight excluding hydrogens is 524 g/mol. The Balaban J connectivity index is 1.52. The summed E-state index contributed by atoms with van der Waals surface area (Å²) in [6.45, 7) is 11.1. The van der Waals surface area contributed by atoms with E-state index in [1.165, 1.54) is 12.1 Å². The van der Waals surface area contributed by atoms with Crippen LogP contribution in [0.2, 0.25) is 0 Å². The molecule has 2 atom stereocenters. The van der Waals surface area contributed by atoms with Crippen LogP contribution in [0.4, 0.5) is 8.78 Å². The van der Waals surface area contributed by atoms with Crippen LogP contribution < -0.4 is 15.4 Å². The molecule has 2 N–H and O–H groups in total. The highest BCUT2D eigenvalue weighted by molar-refractivity contribution is 6.08. The first-order valence-corrected chi connectivity index (χ1v) is 13.9. The molecule has 1 fully saturated rings. The quantitative estimate of drug-likeness (QED) is 0.283. The van der Waals surface area contributed by atoms with Crippen molar-refractivity contribution >= 4 is 16.7 Å². The largest absolute Gasteiger partial charge is 0.494 e. The fourth-order valence-electron chi connectivity index (χ4n) is 4.82. The number of benzene rings is 2. The van der Waals surface area contributed by atoms with Gasteiger partial charge in [-0.2, -0.15) is 5.10 Å². The molecule has 3 aromatic rings. The summed E-state index contributed by atoms with van der Waals surface area (Å²) in [6.07, 6.45) is 8.86. The monoisotopic (exact) mass is 559 g/mol. The van der Waals surface area contributed by atoms with Crippen molar-refractivity contribution in [3.8, 4) is 5.75 Å². The van der Waals surface area contributed by atoms with Crippen LogP contribution >= 0.6 is 0 Å². The Bertz CT molecular complexity index is 1550. The van der Waals surface area contributed by atoms with Crippen molar-refractivity contribution in [1.29, 1.82) is 0 Å². The van der Waals surface area contributed by atoms with Crippen molar-refractivity contribution in [1.82, 2.24) is 20.4 Å². The number of ether oxygens (including phenoxy) is 2. The molecule has 5 rings (SSSR count). The van der Waals surface area contributed by atoms with Crippen LogP contribution in [0.5, 0.6) is 5.75 Å². The van der Waals surface area contributed by atoms with Crippen LogP contribution in [0.3, 0.4) is 0 Å². The third-order valence-electron chi connectivity index (χ3n) is 7.23. The number of aliphatic imine (C=N–C) groups is 1. The first-order valence-electron chi connectivity index (χ1n) is 13.9. The van der Waals surface area contributed by atoms with Crippen LogP contribution in [0.25, 0.3) is 10.9 Å². The van der Waals surface area contributed by atoms with E-state index in [0.29, 0.717) is 43.1 Å². The van der Waals surface area contributed by atoms with Crippen LogP contribution in [-0.4, -0.2) is 41.5 Å². The number of hydrogen-bond donors (Lipinski definition) is 2. The second kappa shape index (κ2) is 12.5. The molecule has 3 heterocycles. The molecule has 214 valence electrons. The molecule has 0 radical (unpaired) electrons. The lowest BCUT2D eigenvalue weighted by Crippen LogP contribution is -2.42. The lowest BCUT2D eigenvalue weighted by Gasteiger charge is -2.24. The molecule has 2 aromatic carbocycles. The zero-order chi connectivity index (χ0) is 28.9. The molecule has 1 saturated heterocycles. The molecule has 2 aliphatic rings. The first kappa shape index (κ1) is 28.3. The Morgan fingerprint density at radius 2 is 2.05 bits per heavy atom. The van der Waals surface area contributed by atoms with Crippen molar-refractivity contribution in [2.24, 2.45) is 10.9 Å². The molecule has 0 saturated carbocycles. The summed E-state index contributed by atoms with van der Waals surface area (Å²) in [4.78, 5) is 4.95. The van der Waals surface area contributed by atoms with E-state index in [2.05, 4.69) is 37.1 Å². The lowest BCUT2D eigenvalue weighted by atomic mass is 10.1.